The summed E-state index contributed by atoms with van der Waals surface area (Å²) in [5.74, 6) is 0.325. The van der Waals surface area contributed by atoms with Crippen LogP contribution in [0.2, 0.25) is 0 Å². The summed E-state index contributed by atoms with van der Waals surface area (Å²) >= 11 is 0. The molecule has 3 nitrogen and oxygen atoms in total. The van der Waals surface area contributed by atoms with Crippen LogP contribution in [0.25, 0.3) is 0 Å². The average Bonchev–Trinajstić information content (AvgIpc) is 2.38. The largest absolute Gasteiger partial charge is 0.393 e. The third-order valence-electron chi connectivity index (χ3n) is 3.22. The Morgan fingerprint density at radius 2 is 2.06 bits per heavy atom. The Kier molecular flexibility index (Phi) is 6.91. The number of aliphatic hydroxyl groups excluding tert-OH is 1. The second-order valence-corrected chi connectivity index (χ2v) is 5.15. The number of nitrogens with zero attached hydrogens (tertiary/aromatic N) is 1. The zero-order chi connectivity index (χ0) is 13.4. The quantitative estimate of drug-likeness (QED) is 0.745. The summed E-state index contributed by atoms with van der Waals surface area (Å²) in [6.07, 6.45) is 4.62. The molecule has 2 atom stereocenters. The molecule has 0 aliphatic heterocycles. The minimum absolute atomic E-state index is 0.219. The lowest BCUT2D eigenvalue weighted by molar-refractivity contribution is 0.115. The second kappa shape index (κ2) is 8.22. The first-order valence-corrected chi connectivity index (χ1v) is 6.97. The van der Waals surface area contributed by atoms with Gasteiger partial charge >= 0.3 is 0 Å². The first kappa shape index (κ1) is 15.1. The van der Waals surface area contributed by atoms with E-state index in [0.717, 1.165) is 31.5 Å². The molecule has 102 valence electrons. The summed E-state index contributed by atoms with van der Waals surface area (Å²) in [6, 6.07) is 6.33. The fourth-order valence-corrected chi connectivity index (χ4v) is 1.96. The molecule has 1 rings (SSSR count). The maximum Gasteiger partial charge on any atom is 0.0575 e. The van der Waals surface area contributed by atoms with Gasteiger partial charge in [-0.15, -0.1) is 0 Å². The van der Waals surface area contributed by atoms with Gasteiger partial charge in [0.1, 0.15) is 0 Å². The highest BCUT2D eigenvalue weighted by Crippen LogP contribution is 2.16. The number of hydrogen-bond donors (Lipinski definition) is 2. The lowest BCUT2D eigenvalue weighted by Gasteiger charge is -2.20. The maximum absolute atomic E-state index is 9.78. The molecule has 0 aromatic carbocycles. The summed E-state index contributed by atoms with van der Waals surface area (Å²) in [4.78, 5) is 4.41. The molecule has 18 heavy (non-hydrogen) atoms. The van der Waals surface area contributed by atoms with E-state index in [1.54, 1.807) is 0 Å². The highest BCUT2D eigenvalue weighted by atomic mass is 16.3. The Balaban J connectivity index is 2.44. The van der Waals surface area contributed by atoms with E-state index in [1.165, 1.54) is 0 Å². The van der Waals surface area contributed by atoms with E-state index < -0.39 is 0 Å². The van der Waals surface area contributed by atoms with Crippen LogP contribution < -0.4 is 5.32 Å². The van der Waals surface area contributed by atoms with Crippen LogP contribution in [-0.2, 0) is 0 Å². The predicted octanol–water partition coefficient (Wildman–Crippen LogP) is 2.92. The van der Waals surface area contributed by atoms with Crippen LogP contribution >= 0.6 is 0 Å². The first-order valence-electron chi connectivity index (χ1n) is 6.97. The molecule has 0 spiro atoms. The number of rotatable bonds is 8. The zero-order valence-electron chi connectivity index (χ0n) is 11.8. The van der Waals surface area contributed by atoms with E-state index in [-0.39, 0.29) is 6.10 Å². The van der Waals surface area contributed by atoms with Crippen molar-refractivity contribution in [2.75, 3.05) is 6.54 Å². The molecule has 3 heteroatoms. The minimum atomic E-state index is -0.219. The molecule has 1 aromatic heterocycles. The lowest BCUT2D eigenvalue weighted by atomic mass is 10.0. The van der Waals surface area contributed by atoms with Crippen molar-refractivity contribution in [1.29, 1.82) is 0 Å². The molecule has 1 aromatic rings. The molecule has 0 fully saturated rings. The van der Waals surface area contributed by atoms with Gasteiger partial charge in [-0.3, -0.25) is 4.98 Å². The molecule has 0 amide bonds. The molecule has 0 radical (unpaired) electrons. The van der Waals surface area contributed by atoms with Crippen LogP contribution in [0.5, 0.6) is 0 Å². The third-order valence-corrected chi connectivity index (χ3v) is 3.22. The first-order chi connectivity index (χ1) is 8.65. The van der Waals surface area contributed by atoms with Gasteiger partial charge in [-0.2, -0.15) is 0 Å². The van der Waals surface area contributed by atoms with Crippen LogP contribution in [0, 0.1) is 5.92 Å². The van der Waals surface area contributed by atoms with E-state index in [2.05, 4.69) is 23.3 Å². The van der Waals surface area contributed by atoms with Crippen LogP contribution in [0.4, 0.5) is 0 Å². The molecular weight excluding hydrogens is 224 g/mol. The molecule has 0 saturated carbocycles. The van der Waals surface area contributed by atoms with Gasteiger partial charge < -0.3 is 10.4 Å². The Labute approximate surface area is 111 Å². The van der Waals surface area contributed by atoms with Crippen molar-refractivity contribution in [1.82, 2.24) is 10.3 Å². The van der Waals surface area contributed by atoms with Gasteiger partial charge in [0, 0.05) is 12.2 Å². The van der Waals surface area contributed by atoms with E-state index in [9.17, 15) is 5.11 Å². The molecule has 0 aliphatic rings. The number of aliphatic hydroxyl groups is 1. The highest BCUT2D eigenvalue weighted by Gasteiger charge is 2.13. The van der Waals surface area contributed by atoms with Gasteiger partial charge in [0.05, 0.1) is 11.8 Å². The highest BCUT2D eigenvalue weighted by molar-refractivity contribution is 5.08. The Morgan fingerprint density at radius 1 is 1.28 bits per heavy atom. The molecule has 0 aliphatic carbocycles. The molecule has 0 saturated heterocycles. The van der Waals surface area contributed by atoms with E-state index in [1.807, 2.05) is 32.2 Å². The van der Waals surface area contributed by atoms with Crippen molar-refractivity contribution in [3.63, 3.8) is 0 Å². The van der Waals surface area contributed by atoms with Gasteiger partial charge in [-0.1, -0.05) is 33.3 Å². The zero-order valence-corrected chi connectivity index (χ0v) is 11.8. The topological polar surface area (TPSA) is 45.1 Å². The van der Waals surface area contributed by atoms with Crippen LogP contribution in [0.15, 0.2) is 24.4 Å². The predicted molar refractivity (Wildman–Crippen MR) is 75.4 cm³/mol. The lowest BCUT2D eigenvalue weighted by Crippen LogP contribution is -2.27. The normalized spacial score (nSPS) is 14.7. The van der Waals surface area contributed by atoms with Crippen LogP contribution in [0.1, 0.15) is 51.8 Å². The van der Waals surface area contributed by atoms with E-state index >= 15 is 0 Å². The third kappa shape index (κ3) is 5.15. The fourth-order valence-electron chi connectivity index (χ4n) is 1.96. The fraction of sp³-hybridized carbons (Fsp3) is 0.667. The van der Waals surface area contributed by atoms with Crippen molar-refractivity contribution >= 4 is 0 Å². The monoisotopic (exact) mass is 250 g/mol. The van der Waals surface area contributed by atoms with Crippen LogP contribution in [0.3, 0.4) is 0 Å². The van der Waals surface area contributed by atoms with Gasteiger partial charge in [-0.25, -0.2) is 0 Å². The van der Waals surface area contributed by atoms with Gasteiger partial charge in [0.25, 0.3) is 0 Å². The van der Waals surface area contributed by atoms with Crippen LogP contribution in [-0.4, -0.2) is 22.7 Å². The molecule has 2 unspecified atom stereocenters. The SMILES string of the molecule is CCCC(NCCC(O)C(C)C)c1ccccn1. The summed E-state index contributed by atoms with van der Waals surface area (Å²) in [5, 5.41) is 13.3. The standard InChI is InChI=1S/C15H26N2O/c1-4-7-13(14-8-5-6-10-16-14)17-11-9-15(18)12(2)3/h5-6,8,10,12-13,15,17-18H,4,7,9,11H2,1-3H3. The molecule has 2 N–H and O–H groups in total. The number of nitrogens with one attached hydrogen (secondary N) is 1. The summed E-state index contributed by atoms with van der Waals surface area (Å²) < 4.78 is 0. The van der Waals surface area contributed by atoms with Crippen molar-refractivity contribution < 1.29 is 5.11 Å². The number of hydrogen-bond acceptors (Lipinski definition) is 3. The Bertz CT molecular complexity index is 314. The van der Waals surface area contributed by atoms with Crippen molar-refractivity contribution in [3.05, 3.63) is 30.1 Å². The van der Waals surface area contributed by atoms with Gasteiger partial charge in [-0.05, 0) is 37.4 Å². The van der Waals surface area contributed by atoms with Gasteiger partial charge in [0.2, 0.25) is 0 Å². The number of aromatic nitrogens is 1. The summed E-state index contributed by atoms with van der Waals surface area (Å²) in [5.41, 5.74) is 1.10. The number of pyridine rings is 1. The van der Waals surface area contributed by atoms with Gasteiger partial charge in [0.15, 0.2) is 0 Å². The molecular formula is C15H26N2O. The van der Waals surface area contributed by atoms with E-state index in [0.29, 0.717) is 12.0 Å². The smallest absolute Gasteiger partial charge is 0.0575 e. The van der Waals surface area contributed by atoms with E-state index in [4.69, 9.17) is 0 Å². The van der Waals surface area contributed by atoms with Crippen molar-refractivity contribution in [2.24, 2.45) is 5.92 Å². The summed E-state index contributed by atoms with van der Waals surface area (Å²) in [7, 11) is 0. The average molecular weight is 250 g/mol. The maximum atomic E-state index is 9.78. The molecule has 0 bridgehead atoms. The molecule has 1 heterocycles. The van der Waals surface area contributed by atoms with Crippen molar-refractivity contribution in [2.45, 2.75) is 52.2 Å². The second-order valence-electron chi connectivity index (χ2n) is 5.15. The van der Waals surface area contributed by atoms with Crippen molar-refractivity contribution in [3.8, 4) is 0 Å². The summed E-state index contributed by atoms with van der Waals surface area (Å²) in [6.45, 7) is 7.11. The Hall–Kier alpha value is -0.930. The Morgan fingerprint density at radius 3 is 2.61 bits per heavy atom. The minimum Gasteiger partial charge on any atom is -0.393 e.